The fraction of sp³-hybridized carbons (Fsp3) is 0.0588. The minimum atomic E-state index is -0.560. The molecule has 0 bridgehead atoms. The third kappa shape index (κ3) is 3.62. The van der Waals surface area contributed by atoms with Crippen LogP contribution in [0.3, 0.4) is 0 Å². The van der Waals surface area contributed by atoms with Gasteiger partial charge in [-0.2, -0.15) is 0 Å². The van der Waals surface area contributed by atoms with Crippen LogP contribution in [0.2, 0.25) is 0 Å². The van der Waals surface area contributed by atoms with E-state index in [2.05, 4.69) is 9.72 Å². The Bertz CT molecular complexity index is 968. The van der Waals surface area contributed by atoms with E-state index in [-0.39, 0.29) is 17.3 Å². The van der Waals surface area contributed by atoms with Crippen molar-refractivity contribution >= 4 is 23.0 Å². The maximum absolute atomic E-state index is 11.4. The van der Waals surface area contributed by atoms with Crippen LogP contribution in [0.25, 0.3) is 10.6 Å². The summed E-state index contributed by atoms with van der Waals surface area (Å²) in [6, 6.07) is 10.4. The molecule has 3 rings (SSSR count). The first-order valence-corrected chi connectivity index (χ1v) is 8.15. The SMILES string of the molecule is COC(=O)c1ccc(Oc2ccc(-c3nc(O)cs3)cc2[N+](=O)[O-])cc1. The second-order valence-electron chi connectivity index (χ2n) is 5.07. The number of nitro groups is 1. The van der Waals surface area contributed by atoms with Gasteiger partial charge in [0.2, 0.25) is 11.6 Å². The molecule has 1 N–H and O–H groups in total. The van der Waals surface area contributed by atoms with Crippen LogP contribution in [0.5, 0.6) is 17.4 Å². The Morgan fingerprint density at radius 3 is 2.54 bits per heavy atom. The standard InChI is InChI=1S/C17H12N2O6S/c1-24-17(21)10-2-5-12(6-3-10)25-14-7-4-11(8-13(14)19(22)23)16-18-15(20)9-26-16/h2-9,20H,1H3. The van der Waals surface area contributed by atoms with Gasteiger partial charge >= 0.3 is 11.7 Å². The molecular weight excluding hydrogens is 360 g/mol. The molecule has 0 atom stereocenters. The number of ether oxygens (including phenoxy) is 2. The number of benzene rings is 2. The number of hydrogen-bond donors (Lipinski definition) is 1. The van der Waals surface area contributed by atoms with Gasteiger partial charge in [0.15, 0.2) is 0 Å². The molecular formula is C17H12N2O6S. The normalized spacial score (nSPS) is 10.3. The van der Waals surface area contributed by atoms with Crippen LogP contribution in [-0.2, 0) is 4.74 Å². The van der Waals surface area contributed by atoms with Gasteiger partial charge in [-0.3, -0.25) is 10.1 Å². The zero-order chi connectivity index (χ0) is 18.7. The van der Waals surface area contributed by atoms with E-state index >= 15 is 0 Å². The average molecular weight is 372 g/mol. The minimum Gasteiger partial charge on any atom is -0.493 e. The van der Waals surface area contributed by atoms with Gasteiger partial charge < -0.3 is 14.6 Å². The molecule has 9 heteroatoms. The quantitative estimate of drug-likeness (QED) is 0.409. The van der Waals surface area contributed by atoms with Gasteiger partial charge in [-0.05, 0) is 36.4 Å². The predicted molar refractivity (Wildman–Crippen MR) is 93.7 cm³/mol. The van der Waals surface area contributed by atoms with Crippen molar-refractivity contribution in [2.75, 3.05) is 7.11 Å². The third-order valence-corrected chi connectivity index (χ3v) is 4.28. The lowest BCUT2D eigenvalue weighted by molar-refractivity contribution is -0.385. The Kier molecular flexibility index (Phi) is 4.81. The molecule has 26 heavy (non-hydrogen) atoms. The van der Waals surface area contributed by atoms with E-state index in [1.165, 1.54) is 60.2 Å². The number of hydrogen-bond acceptors (Lipinski definition) is 8. The summed E-state index contributed by atoms with van der Waals surface area (Å²) in [7, 11) is 1.28. The largest absolute Gasteiger partial charge is 0.493 e. The molecule has 0 saturated carbocycles. The fourth-order valence-corrected chi connectivity index (χ4v) is 2.86. The van der Waals surface area contributed by atoms with Gasteiger partial charge in [0.1, 0.15) is 10.8 Å². The molecule has 0 aliphatic carbocycles. The minimum absolute atomic E-state index is 0.0466. The third-order valence-electron chi connectivity index (χ3n) is 3.40. The van der Waals surface area contributed by atoms with E-state index in [9.17, 15) is 20.0 Å². The zero-order valence-electron chi connectivity index (χ0n) is 13.4. The number of thiazole rings is 1. The van der Waals surface area contributed by atoms with Crippen molar-refractivity contribution in [1.29, 1.82) is 0 Å². The van der Waals surface area contributed by atoms with Crippen LogP contribution in [-0.4, -0.2) is 28.1 Å². The Morgan fingerprint density at radius 2 is 1.96 bits per heavy atom. The summed E-state index contributed by atoms with van der Waals surface area (Å²) in [6.07, 6.45) is 0. The highest BCUT2D eigenvalue weighted by Crippen LogP contribution is 2.36. The summed E-state index contributed by atoms with van der Waals surface area (Å²) < 4.78 is 10.2. The Morgan fingerprint density at radius 1 is 1.23 bits per heavy atom. The first kappa shape index (κ1) is 17.4. The number of nitrogens with zero attached hydrogens (tertiary/aromatic N) is 2. The van der Waals surface area contributed by atoms with Crippen LogP contribution >= 0.6 is 11.3 Å². The van der Waals surface area contributed by atoms with E-state index in [4.69, 9.17) is 4.74 Å². The second kappa shape index (κ2) is 7.19. The van der Waals surface area contributed by atoms with Gasteiger partial charge in [-0.25, -0.2) is 9.78 Å². The highest BCUT2D eigenvalue weighted by Gasteiger charge is 2.19. The first-order chi connectivity index (χ1) is 12.5. The van der Waals surface area contributed by atoms with Crippen molar-refractivity contribution in [1.82, 2.24) is 4.98 Å². The Labute approximate surface area is 151 Å². The van der Waals surface area contributed by atoms with Crippen molar-refractivity contribution in [3.05, 3.63) is 63.5 Å². The Hall–Kier alpha value is -3.46. The van der Waals surface area contributed by atoms with Crippen molar-refractivity contribution in [3.8, 4) is 28.0 Å². The molecule has 3 aromatic rings. The average Bonchev–Trinajstić information content (AvgIpc) is 3.08. The molecule has 0 aliphatic heterocycles. The molecule has 0 spiro atoms. The van der Waals surface area contributed by atoms with E-state index in [1.807, 2.05) is 0 Å². The molecule has 0 unspecified atom stereocenters. The Balaban J connectivity index is 1.90. The number of nitro benzene ring substituents is 1. The number of carbonyl (C=O) groups excluding carboxylic acids is 1. The van der Waals surface area contributed by atoms with Crippen molar-refractivity contribution in [2.24, 2.45) is 0 Å². The summed E-state index contributed by atoms with van der Waals surface area (Å²) in [4.78, 5) is 26.1. The first-order valence-electron chi connectivity index (χ1n) is 7.27. The molecule has 1 aromatic heterocycles. The maximum Gasteiger partial charge on any atom is 0.337 e. The van der Waals surface area contributed by atoms with Crippen LogP contribution in [0.1, 0.15) is 10.4 Å². The summed E-state index contributed by atoms with van der Waals surface area (Å²) in [5, 5.41) is 22.6. The van der Waals surface area contributed by atoms with E-state index in [1.54, 1.807) is 6.07 Å². The van der Waals surface area contributed by atoms with Gasteiger partial charge in [0.25, 0.3) is 0 Å². The molecule has 0 saturated heterocycles. The van der Waals surface area contributed by atoms with Gasteiger partial charge in [0, 0.05) is 11.6 Å². The monoisotopic (exact) mass is 372 g/mol. The van der Waals surface area contributed by atoms with Gasteiger partial charge in [0.05, 0.1) is 23.0 Å². The topological polar surface area (TPSA) is 112 Å². The maximum atomic E-state index is 11.4. The highest BCUT2D eigenvalue weighted by molar-refractivity contribution is 7.13. The highest BCUT2D eigenvalue weighted by atomic mass is 32.1. The van der Waals surface area contributed by atoms with Crippen molar-refractivity contribution in [3.63, 3.8) is 0 Å². The van der Waals surface area contributed by atoms with E-state index < -0.39 is 10.9 Å². The summed E-state index contributed by atoms with van der Waals surface area (Å²) in [5.74, 6) is -0.247. The molecule has 0 fully saturated rings. The van der Waals surface area contributed by atoms with Crippen LogP contribution < -0.4 is 4.74 Å². The molecule has 132 valence electrons. The molecule has 0 radical (unpaired) electrons. The van der Waals surface area contributed by atoms with Gasteiger partial charge in [-0.1, -0.05) is 0 Å². The summed E-state index contributed by atoms with van der Waals surface area (Å²) in [6.45, 7) is 0. The van der Waals surface area contributed by atoms with Crippen molar-refractivity contribution < 1.29 is 24.3 Å². The summed E-state index contributed by atoms with van der Waals surface area (Å²) >= 11 is 1.17. The van der Waals surface area contributed by atoms with Crippen molar-refractivity contribution in [2.45, 2.75) is 0 Å². The van der Waals surface area contributed by atoms with Crippen LogP contribution in [0.4, 0.5) is 5.69 Å². The number of methoxy groups -OCH3 is 1. The van der Waals surface area contributed by atoms with E-state index in [0.29, 0.717) is 21.9 Å². The molecule has 0 amide bonds. The van der Waals surface area contributed by atoms with Crippen LogP contribution in [0, 0.1) is 10.1 Å². The lowest BCUT2D eigenvalue weighted by atomic mass is 10.2. The molecule has 8 nitrogen and oxygen atoms in total. The lowest BCUT2D eigenvalue weighted by Gasteiger charge is -2.08. The number of esters is 1. The molecule has 2 aromatic carbocycles. The van der Waals surface area contributed by atoms with Gasteiger partial charge in [-0.15, -0.1) is 11.3 Å². The predicted octanol–water partition coefficient (Wildman–Crippen LogP) is 4.00. The van der Waals surface area contributed by atoms with Crippen LogP contribution in [0.15, 0.2) is 47.8 Å². The lowest BCUT2D eigenvalue weighted by Crippen LogP contribution is -2.00. The smallest absolute Gasteiger partial charge is 0.337 e. The number of aromatic nitrogens is 1. The summed E-state index contributed by atoms with van der Waals surface area (Å²) in [5.41, 5.74) is 0.595. The second-order valence-corrected chi connectivity index (χ2v) is 5.93. The molecule has 1 heterocycles. The number of rotatable bonds is 5. The number of aromatic hydroxyl groups is 1. The van der Waals surface area contributed by atoms with E-state index in [0.717, 1.165) is 0 Å². The molecule has 0 aliphatic rings. The number of carbonyl (C=O) groups is 1. The fourth-order valence-electron chi connectivity index (χ4n) is 2.18. The zero-order valence-corrected chi connectivity index (χ0v) is 14.2.